The van der Waals surface area contributed by atoms with Crippen LogP contribution in [0.3, 0.4) is 0 Å². The van der Waals surface area contributed by atoms with E-state index in [0.29, 0.717) is 0 Å². The summed E-state index contributed by atoms with van der Waals surface area (Å²) in [6.45, 7) is 2.15. The van der Waals surface area contributed by atoms with Crippen molar-refractivity contribution in [3.8, 4) is 0 Å². The van der Waals surface area contributed by atoms with Crippen LogP contribution in [0.1, 0.15) is 45.4 Å². The Morgan fingerprint density at radius 1 is 1.38 bits per heavy atom. The fourth-order valence-corrected chi connectivity index (χ4v) is 1.71. The summed E-state index contributed by atoms with van der Waals surface area (Å²) in [6.07, 6.45) is 8.51. The lowest BCUT2D eigenvalue weighted by Gasteiger charge is -2.11. The number of carbonyl (C=O) groups is 2. The van der Waals surface area contributed by atoms with Crippen LogP contribution in [-0.2, 0) is 9.59 Å². The molecule has 1 heterocycles. The van der Waals surface area contributed by atoms with E-state index in [1.807, 2.05) is 0 Å². The summed E-state index contributed by atoms with van der Waals surface area (Å²) < 4.78 is 0. The molecule has 0 saturated carbocycles. The van der Waals surface area contributed by atoms with Crippen molar-refractivity contribution >= 4 is 11.8 Å². The number of aliphatic hydroxyl groups is 1. The molecule has 4 heteroatoms. The molecule has 2 N–H and O–H groups in total. The van der Waals surface area contributed by atoms with Crippen LogP contribution in [0.4, 0.5) is 0 Å². The Morgan fingerprint density at radius 2 is 2.12 bits per heavy atom. The van der Waals surface area contributed by atoms with Crippen LogP contribution < -0.4 is 5.32 Å². The molecule has 0 aromatic heterocycles. The fraction of sp³-hybridized carbons (Fsp3) is 0.667. The van der Waals surface area contributed by atoms with Crippen LogP contribution >= 0.6 is 0 Å². The summed E-state index contributed by atoms with van der Waals surface area (Å²) in [5, 5.41) is 11.9. The summed E-state index contributed by atoms with van der Waals surface area (Å²) in [5.74, 6) is -1.02. The molecule has 1 rings (SSSR count). The van der Waals surface area contributed by atoms with Crippen LogP contribution in [-0.4, -0.2) is 22.5 Å². The number of hydrogen-bond donors (Lipinski definition) is 2. The Balaban J connectivity index is 2.32. The second kappa shape index (κ2) is 5.80. The average molecular weight is 225 g/mol. The Hall–Kier alpha value is -1.16. The van der Waals surface area contributed by atoms with Gasteiger partial charge in [0.25, 0.3) is 5.91 Å². The fourth-order valence-electron chi connectivity index (χ4n) is 1.71. The van der Waals surface area contributed by atoms with Crippen LogP contribution in [0, 0.1) is 0 Å². The zero-order chi connectivity index (χ0) is 12.0. The highest BCUT2D eigenvalue weighted by molar-refractivity contribution is 6.08. The van der Waals surface area contributed by atoms with E-state index in [2.05, 4.69) is 12.2 Å². The number of amides is 2. The number of nitrogens with one attached hydrogen (secondary N) is 1. The maximum absolute atomic E-state index is 11.2. The second-order valence-corrected chi connectivity index (χ2v) is 4.23. The number of unbranched alkanes of at least 4 members (excludes halogenated alkanes) is 4. The Labute approximate surface area is 95.7 Å². The molecule has 90 valence electrons. The molecule has 16 heavy (non-hydrogen) atoms. The lowest BCUT2D eigenvalue weighted by atomic mass is 10.0. The van der Waals surface area contributed by atoms with Crippen molar-refractivity contribution in [1.82, 2.24) is 5.32 Å². The van der Waals surface area contributed by atoms with E-state index in [1.54, 1.807) is 6.08 Å². The first-order valence-electron chi connectivity index (χ1n) is 5.83. The van der Waals surface area contributed by atoms with Crippen LogP contribution in [0.2, 0.25) is 0 Å². The topological polar surface area (TPSA) is 66.4 Å². The van der Waals surface area contributed by atoms with Crippen molar-refractivity contribution in [2.75, 3.05) is 0 Å². The molecule has 4 nitrogen and oxygen atoms in total. The summed E-state index contributed by atoms with van der Waals surface area (Å²) in [6, 6.07) is 0. The van der Waals surface area contributed by atoms with E-state index < -0.39 is 17.4 Å². The zero-order valence-corrected chi connectivity index (χ0v) is 9.66. The van der Waals surface area contributed by atoms with E-state index >= 15 is 0 Å². The van der Waals surface area contributed by atoms with Crippen molar-refractivity contribution in [1.29, 1.82) is 0 Å². The molecule has 1 aliphatic heterocycles. The van der Waals surface area contributed by atoms with Gasteiger partial charge in [-0.05, 0) is 18.9 Å². The van der Waals surface area contributed by atoms with Gasteiger partial charge in [-0.15, -0.1) is 0 Å². The first kappa shape index (κ1) is 12.9. The van der Waals surface area contributed by atoms with Gasteiger partial charge in [-0.25, -0.2) is 0 Å². The highest BCUT2D eigenvalue weighted by Crippen LogP contribution is 2.19. The van der Waals surface area contributed by atoms with Crippen molar-refractivity contribution < 1.29 is 14.7 Å². The number of hydrogen-bond acceptors (Lipinski definition) is 3. The highest BCUT2D eigenvalue weighted by atomic mass is 16.3. The molecular formula is C12H19NO3. The smallest absolute Gasteiger partial charge is 0.263 e. The third-order valence-electron chi connectivity index (χ3n) is 2.69. The zero-order valence-electron chi connectivity index (χ0n) is 9.66. The highest BCUT2D eigenvalue weighted by Gasteiger charge is 2.42. The predicted octanol–water partition coefficient (Wildman–Crippen LogP) is 1.29. The minimum absolute atomic E-state index is 0.155. The van der Waals surface area contributed by atoms with Gasteiger partial charge in [0, 0.05) is 0 Å². The van der Waals surface area contributed by atoms with Crippen LogP contribution in [0.15, 0.2) is 12.2 Å². The summed E-state index contributed by atoms with van der Waals surface area (Å²) in [5.41, 5.74) is -1.61. The predicted molar refractivity (Wildman–Crippen MR) is 60.6 cm³/mol. The Morgan fingerprint density at radius 3 is 2.69 bits per heavy atom. The molecule has 1 aliphatic rings. The molecule has 1 saturated heterocycles. The van der Waals surface area contributed by atoms with E-state index in [4.69, 9.17) is 0 Å². The molecule has 0 aliphatic carbocycles. The molecule has 2 amide bonds. The number of allylic oxidation sites excluding steroid dienone is 1. The van der Waals surface area contributed by atoms with E-state index in [9.17, 15) is 14.7 Å². The number of rotatable bonds is 6. The van der Waals surface area contributed by atoms with E-state index in [-0.39, 0.29) is 6.42 Å². The van der Waals surface area contributed by atoms with Gasteiger partial charge in [-0.3, -0.25) is 14.9 Å². The second-order valence-electron chi connectivity index (χ2n) is 4.23. The summed E-state index contributed by atoms with van der Waals surface area (Å²) in [4.78, 5) is 22.2. The summed E-state index contributed by atoms with van der Waals surface area (Å²) in [7, 11) is 0. The van der Waals surface area contributed by atoms with Gasteiger partial charge in [0.15, 0.2) is 5.60 Å². The van der Waals surface area contributed by atoms with E-state index in [0.717, 1.165) is 19.3 Å². The quantitative estimate of drug-likeness (QED) is 0.406. The first-order chi connectivity index (χ1) is 7.58. The standard InChI is InChI=1S/C12H19NO3/c1-2-3-4-5-6-7-8-12(16)9-10(14)13-11(12)15/h7-8,16H,2-6,9H2,1H3,(H,13,14,15). The van der Waals surface area contributed by atoms with Crippen molar-refractivity contribution in [3.05, 3.63) is 12.2 Å². The Kier molecular flexibility index (Phi) is 4.68. The van der Waals surface area contributed by atoms with Crippen molar-refractivity contribution in [3.63, 3.8) is 0 Å². The minimum atomic E-state index is -1.61. The van der Waals surface area contributed by atoms with E-state index in [1.165, 1.54) is 18.9 Å². The molecule has 0 bridgehead atoms. The van der Waals surface area contributed by atoms with Crippen molar-refractivity contribution in [2.45, 2.75) is 51.0 Å². The molecule has 1 fully saturated rings. The third kappa shape index (κ3) is 3.45. The van der Waals surface area contributed by atoms with Crippen LogP contribution in [0.5, 0.6) is 0 Å². The molecule has 0 aromatic rings. The number of carbonyl (C=O) groups excluding carboxylic acids is 2. The third-order valence-corrected chi connectivity index (χ3v) is 2.69. The van der Waals surface area contributed by atoms with Crippen LogP contribution in [0.25, 0.3) is 0 Å². The average Bonchev–Trinajstić information content (AvgIpc) is 2.47. The number of imide groups is 1. The van der Waals surface area contributed by atoms with Gasteiger partial charge in [0.2, 0.25) is 5.91 Å². The lowest BCUT2D eigenvalue weighted by Crippen LogP contribution is -2.35. The molecule has 0 aromatic carbocycles. The van der Waals surface area contributed by atoms with Gasteiger partial charge < -0.3 is 5.11 Å². The molecular weight excluding hydrogens is 206 g/mol. The van der Waals surface area contributed by atoms with Gasteiger partial charge in [-0.2, -0.15) is 0 Å². The lowest BCUT2D eigenvalue weighted by molar-refractivity contribution is -0.131. The first-order valence-corrected chi connectivity index (χ1v) is 5.83. The Bertz CT molecular complexity index is 299. The monoisotopic (exact) mass is 225 g/mol. The van der Waals surface area contributed by atoms with Gasteiger partial charge in [0.1, 0.15) is 0 Å². The largest absolute Gasteiger partial charge is 0.375 e. The summed E-state index contributed by atoms with van der Waals surface area (Å²) >= 11 is 0. The van der Waals surface area contributed by atoms with Crippen molar-refractivity contribution in [2.24, 2.45) is 0 Å². The van der Waals surface area contributed by atoms with Gasteiger partial charge in [-0.1, -0.05) is 32.3 Å². The normalized spacial score (nSPS) is 25.4. The molecule has 1 atom stereocenters. The molecule has 0 radical (unpaired) electrons. The SMILES string of the molecule is CCCCCCC=CC1(O)CC(=O)NC1=O. The molecule has 1 unspecified atom stereocenters. The van der Waals surface area contributed by atoms with Gasteiger partial charge in [0.05, 0.1) is 6.42 Å². The maximum atomic E-state index is 11.2. The minimum Gasteiger partial charge on any atom is -0.375 e. The van der Waals surface area contributed by atoms with Gasteiger partial charge >= 0.3 is 0 Å². The molecule has 0 spiro atoms. The maximum Gasteiger partial charge on any atom is 0.263 e.